The standard InChI is InChI=1S/C15H21ClN2O.ClH/c1-19-13-2-3-14(16)12(8-13)9-18-7-5-15(11-18)4-6-17-10-15;/h2-3,8,17H,4-7,9-11H2,1H3;1H. The molecule has 112 valence electrons. The number of nitrogens with zero attached hydrogens (tertiary/aromatic N) is 1. The van der Waals surface area contributed by atoms with E-state index in [4.69, 9.17) is 16.3 Å². The fraction of sp³-hybridized carbons (Fsp3) is 0.600. The maximum absolute atomic E-state index is 6.29. The third-order valence-corrected chi connectivity index (χ3v) is 4.87. The van der Waals surface area contributed by atoms with E-state index in [-0.39, 0.29) is 12.4 Å². The van der Waals surface area contributed by atoms with E-state index in [1.54, 1.807) is 7.11 Å². The monoisotopic (exact) mass is 316 g/mol. The van der Waals surface area contributed by atoms with Crippen LogP contribution in [0.25, 0.3) is 0 Å². The number of hydrogen-bond donors (Lipinski definition) is 1. The van der Waals surface area contributed by atoms with Gasteiger partial charge in [-0.1, -0.05) is 11.6 Å². The predicted octanol–water partition coefficient (Wildman–Crippen LogP) is 2.96. The summed E-state index contributed by atoms with van der Waals surface area (Å²) in [5.74, 6) is 0.885. The van der Waals surface area contributed by atoms with Gasteiger partial charge in [0, 0.05) is 24.7 Å². The van der Waals surface area contributed by atoms with Gasteiger partial charge in [-0.05, 0) is 55.1 Å². The fourth-order valence-electron chi connectivity index (χ4n) is 3.35. The topological polar surface area (TPSA) is 24.5 Å². The number of nitrogens with one attached hydrogen (secondary N) is 1. The largest absolute Gasteiger partial charge is 0.497 e. The summed E-state index contributed by atoms with van der Waals surface area (Å²) in [6.07, 6.45) is 2.62. The summed E-state index contributed by atoms with van der Waals surface area (Å²) in [6.45, 7) is 5.64. The molecule has 1 aromatic rings. The lowest BCUT2D eigenvalue weighted by atomic mass is 9.86. The van der Waals surface area contributed by atoms with Crippen LogP contribution in [0.15, 0.2) is 18.2 Å². The highest BCUT2D eigenvalue weighted by atomic mass is 35.5. The highest BCUT2D eigenvalue weighted by Crippen LogP contribution is 2.37. The fourth-order valence-corrected chi connectivity index (χ4v) is 3.52. The zero-order valence-electron chi connectivity index (χ0n) is 11.8. The van der Waals surface area contributed by atoms with Gasteiger partial charge in [0.25, 0.3) is 0 Å². The summed E-state index contributed by atoms with van der Waals surface area (Å²) in [5.41, 5.74) is 1.69. The Bertz CT molecular complexity index is 461. The maximum Gasteiger partial charge on any atom is 0.119 e. The lowest BCUT2D eigenvalue weighted by molar-refractivity contribution is 0.268. The van der Waals surface area contributed by atoms with E-state index in [2.05, 4.69) is 16.3 Å². The maximum atomic E-state index is 6.29. The molecule has 1 unspecified atom stereocenters. The first kappa shape index (κ1) is 15.9. The molecular formula is C15H22Cl2N2O. The van der Waals surface area contributed by atoms with Crippen molar-refractivity contribution in [2.75, 3.05) is 33.3 Å². The molecule has 0 aromatic heterocycles. The van der Waals surface area contributed by atoms with Crippen molar-refractivity contribution >= 4 is 24.0 Å². The third-order valence-electron chi connectivity index (χ3n) is 4.50. The molecule has 3 rings (SSSR count). The Morgan fingerprint density at radius 1 is 1.40 bits per heavy atom. The molecule has 1 atom stereocenters. The van der Waals surface area contributed by atoms with Crippen LogP contribution in [0.4, 0.5) is 0 Å². The molecule has 2 saturated heterocycles. The molecule has 0 saturated carbocycles. The average molecular weight is 317 g/mol. The van der Waals surface area contributed by atoms with E-state index in [1.807, 2.05) is 12.1 Å². The second-order valence-electron chi connectivity index (χ2n) is 5.84. The number of likely N-dealkylation sites (tertiary alicyclic amines) is 1. The lowest BCUT2D eigenvalue weighted by Crippen LogP contribution is -2.29. The molecule has 2 heterocycles. The predicted molar refractivity (Wildman–Crippen MR) is 85.1 cm³/mol. The highest BCUT2D eigenvalue weighted by molar-refractivity contribution is 6.31. The summed E-state index contributed by atoms with van der Waals surface area (Å²) in [6, 6.07) is 5.90. The van der Waals surface area contributed by atoms with Gasteiger partial charge in [0.15, 0.2) is 0 Å². The van der Waals surface area contributed by atoms with Crippen LogP contribution in [0, 0.1) is 5.41 Å². The molecule has 1 N–H and O–H groups in total. The van der Waals surface area contributed by atoms with Crippen LogP contribution in [0.1, 0.15) is 18.4 Å². The smallest absolute Gasteiger partial charge is 0.119 e. The van der Waals surface area contributed by atoms with Gasteiger partial charge in [0.2, 0.25) is 0 Å². The molecule has 1 spiro atoms. The van der Waals surface area contributed by atoms with E-state index in [9.17, 15) is 0 Å². The van der Waals surface area contributed by atoms with Crippen molar-refractivity contribution in [2.24, 2.45) is 5.41 Å². The number of hydrogen-bond acceptors (Lipinski definition) is 3. The van der Waals surface area contributed by atoms with Gasteiger partial charge in [0.05, 0.1) is 7.11 Å². The Labute approximate surface area is 132 Å². The van der Waals surface area contributed by atoms with E-state index < -0.39 is 0 Å². The van der Waals surface area contributed by atoms with Gasteiger partial charge in [-0.2, -0.15) is 0 Å². The van der Waals surface area contributed by atoms with Gasteiger partial charge in [0.1, 0.15) is 5.75 Å². The van der Waals surface area contributed by atoms with Crippen molar-refractivity contribution in [3.63, 3.8) is 0 Å². The summed E-state index contributed by atoms with van der Waals surface area (Å²) >= 11 is 6.29. The first-order valence-electron chi connectivity index (χ1n) is 6.96. The molecule has 0 bridgehead atoms. The van der Waals surface area contributed by atoms with Gasteiger partial charge in [-0.15, -0.1) is 12.4 Å². The molecule has 20 heavy (non-hydrogen) atoms. The molecule has 3 nitrogen and oxygen atoms in total. The molecule has 1 aromatic carbocycles. The number of benzene rings is 1. The quantitative estimate of drug-likeness (QED) is 0.928. The lowest BCUT2D eigenvalue weighted by Gasteiger charge is -2.23. The Kier molecular flexibility index (Phi) is 5.19. The van der Waals surface area contributed by atoms with Gasteiger partial charge < -0.3 is 10.1 Å². The minimum Gasteiger partial charge on any atom is -0.497 e. The number of rotatable bonds is 3. The van der Waals surface area contributed by atoms with Crippen LogP contribution in [0.5, 0.6) is 5.75 Å². The number of ether oxygens (including phenoxy) is 1. The molecule has 2 aliphatic rings. The SMILES string of the molecule is COc1ccc(Cl)c(CN2CCC3(CCNC3)C2)c1.Cl. The van der Waals surface area contributed by atoms with Gasteiger partial charge >= 0.3 is 0 Å². The summed E-state index contributed by atoms with van der Waals surface area (Å²) in [4.78, 5) is 2.52. The van der Waals surface area contributed by atoms with Crippen LogP contribution in [0.2, 0.25) is 5.02 Å². The second kappa shape index (κ2) is 6.52. The minimum absolute atomic E-state index is 0. The number of methoxy groups -OCH3 is 1. The normalized spacial score (nSPS) is 25.9. The summed E-state index contributed by atoms with van der Waals surface area (Å²) in [5, 5.41) is 4.34. The van der Waals surface area contributed by atoms with E-state index in [0.29, 0.717) is 5.41 Å². The van der Waals surface area contributed by atoms with Crippen LogP contribution in [-0.2, 0) is 6.54 Å². The van der Waals surface area contributed by atoms with Gasteiger partial charge in [-0.3, -0.25) is 4.90 Å². The van der Waals surface area contributed by atoms with E-state index >= 15 is 0 Å². The Morgan fingerprint density at radius 3 is 2.95 bits per heavy atom. The van der Waals surface area contributed by atoms with Crippen molar-refractivity contribution in [3.05, 3.63) is 28.8 Å². The molecule has 2 fully saturated rings. The molecule has 5 heteroatoms. The van der Waals surface area contributed by atoms with Crippen molar-refractivity contribution in [3.8, 4) is 5.75 Å². The molecule has 2 aliphatic heterocycles. The first-order chi connectivity index (χ1) is 9.21. The Hall–Kier alpha value is -0.480. The van der Waals surface area contributed by atoms with Crippen molar-refractivity contribution < 1.29 is 4.74 Å². The average Bonchev–Trinajstić information content (AvgIpc) is 3.03. The second-order valence-corrected chi connectivity index (χ2v) is 6.25. The summed E-state index contributed by atoms with van der Waals surface area (Å²) in [7, 11) is 1.70. The van der Waals surface area contributed by atoms with Gasteiger partial charge in [-0.25, -0.2) is 0 Å². The van der Waals surface area contributed by atoms with Crippen molar-refractivity contribution in [1.29, 1.82) is 0 Å². The zero-order chi connectivity index (χ0) is 13.3. The minimum atomic E-state index is 0. The van der Waals surface area contributed by atoms with E-state index in [0.717, 1.165) is 17.3 Å². The van der Waals surface area contributed by atoms with Crippen LogP contribution in [0.3, 0.4) is 0 Å². The van der Waals surface area contributed by atoms with Crippen molar-refractivity contribution in [1.82, 2.24) is 10.2 Å². The Balaban J connectivity index is 0.00000147. The van der Waals surface area contributed by atoms with Crippen LogP contribution >= 0.6 is 24.0 Å². The van der Waals surface area contributed by atoms with Crippen LogP contribution in [-0.4, -0.2) is 38.2 Å². The van der Waals surface area contributed by atoms with Crippen LogP contribution < -0.4 is 10.1 Å². The molecule has 0 radical (unpaired) electrons. The Morgan fingerprint density at radius 2 is 2.25 bits per heavy atom. The van der Waals surface area contributed by atoms with E-state index in [1.165, 1.54) is 44.6 Å². The molecule has 0 aliphatic carbocycles. The van der Waals surface area contributed by atoms with Crippen molar-refractivity contribution in [2.45, 2.75) is 19.4 Å². The number of halogens is 2. The molecular weight excluding hydrogens is 295 g/mol. The molecule has 0 amide bonds. The zero-order valence-corrected chi connectivity index (χ0v) is 13.4. The summed E-state index contributed by atoms with van der Waals surface area (Å²) < 4.78 is 5.28. The highest BCUT2D eigenvalue weighted by Gasteiger charge is 2.40. The third kappa shape index (κ3) is 3.22. The first-order valence-corrected chi connectivity index (χ1v) is 7.34.